The van der Waals surface area contributed by atoms with E-state index < -0.39 is 0 Å². The minimum atomic E-state index is 0.186. The van der Waals surface area contributed by atoms with Crippen LogP contribution in [0, 0.1) is 6.92 Å². The van der Waals surface area contributed by atoms with Crippen molar-refractivity contribution in [3.8, 4) is 5.88 Å². The monoisotopic (exact) mass is 236 g/mol. The summed E-state index contributed by atoms with van der Waals surface area (Å²) < 4.78 is 10.7. The Morgan fingerprint density at radius 3 is 2.88 bits per heavy atom. The summed E-state index contributed by atoms with van der Waals surface area (Å²) >= 11 is 0. The molecule has 2 heterocycles. The lowest BCUT2D eigenvalue weighted by molar-refractivity contribution is -0.0813. The van der Waals surface area contributed by atoms with Crippen molar-refractivity contribution in [2.45, 2.75) is 32.9 Å². The molecule has 2 rings (SSSR count). The van der Waals surface area contributed by atoms with Crippen molar-refractivity contribution in [3.05, 3.63) is 23.4 Å². The van der Waals surface area contributed by atoms with Gasteiger partial charge in [-0.25, -0.2) is 4.98 Å². The van der Waals surface area contributed by atoms with E-state index in [1.807, 2.05) is 13.0 Å². The fraction of sp³-hybridized carbons (Fsp3) is 0.615. The Hall–Kier alpha value is -1.13. The molecular weight excluding hydrogens is 216 g/mol. The molecule has 1 fully saturated rings. The first kappa shape index (κ1) is 12.3. The van der Waals surface area contributed by atoms with E-state index in [-0.39, 0.29) is 6.10 Å². The van der Waals surface area contributed by atoms with Crippen molar-refractivity contribution >= 4 is 0 Å². The number of pyridine rings is 1. The van der Waals surface area contributed by atoms with Crippen molar-refractivity contribution < 1.29 is 9.47 Å². The minimum absolute atomic E-state index is 0.186. The van der Waals surface area contributed by atoms with Crippen LogP contribution in [0.15, 0.2) is 12.1 Å². The largest absolute Gasteiger partial charge is 0.469 e. The molecule has 0 bridgehead atoms. The standard InChI is InChI=1S/C13H20N2O2/c1-3-6-14-7-11-4-5-13(15-10(11)2)17-12-8-16-9-12/h4-5,12,14H,3,6-9H2,1-2H3. The van der Waals surface area contributed by atoms with Crippen molar-refractivity contribution in [3.63, 3.8) is 0 Å². The molecule has 1 saturated heterocycles. The van der Waals surface area contributed by atoms with Crippen LogP contribution in [-0.4, -0.2) is 30.8 Å². The molecule has 0 spiro atoms. The SMILES string of the molecule is CCCNCc1ccc(OC2COC2)nc1C. The van der Waals surface area contributed by atoms with Gasteiger partial charge in [-0.15, -0.1) is 0 Å². The predicted octanol–water partition coefficient (Wildman–Crippen LogP) is 1.67. The highest BCUT2D eigenvalue weighted by molar-refractivity contribution is 5.25. The molecule has 1 aromatic heterocycles. The van der Waals surface area contributed by atoms with Gasteiger partial charge in [-0.3, -0.25) is 0 Å². The molecule has 4 nitrogen and oxygen atoms in total. The molecule has 4 heteroatoms. The molecule has 94 valence electrons. The zero-order chi connectivity index (χ0) is 12.1. The van der Waals surface area contributed by atoms with Gasteiger partial charge < -0.3 is 14.8 Å². The fourth-order valence-corrected chi connectivity index (χ4v) is 1.67. The lowest BCUT2D eigenvalue weighted by atomic mass is 10.2. The maximum atomic E-state index is 5.66. The molecule has 0 amide bonds. The molecule has 0 aliphatic carbocycles. The van der Waals surface area contributed by atoms with Crippen molar-refractivity contribution in [1.29, 1.82) is 0 Å². The molecule has 0 atom stereocenters. The van der Waals surface area contributed by atoms with E-state index in [1.54, 1.807) is 0 Å². The average molecular weight is 236 g/mol. The van der Waals surface area contributed by atoms with Gasteiger partial charge in [-0.2, -0.15) is 0 Å². The molecule has 1 aliphatic rings. The zero-order valence-electron chi connectivity index (χ0n) is 10.5. The second-order valence-corrected chi connectivity index (χ2v) is 4.35. The Labute approximate surface area is 102 Å². The second-order valence-electron chi connectivity index (χ2n) is 4.35. The third-order valence-corrected chi connectivity index (χ3v) is 2.81. The number of nitrogens with zero attached hydrogens (tertiary/aromatic N) is 1. The maximum absolute atomic E-state index is 5.66. The Morgan fingerprint density at radius 1 is 1.47 bits per heavy atom. The molecule has 1 N–H and O–H groups in total. The number of aromatic nitrogens is 1. The first-order valence-corrected chi connectivity index (χ1v) is 6.21. The Balaban J connectivity index is 1.90. The molecule has 0 radical (unpaired) electrons. The van der Waals surface area contributed by atoms with E-state index >= 15 is 0 Å². The minimum Gasteiger partial charge on any atom is -0.469 e. The lowest BCUT2D eigenvalue weighted by Crippen LogP contribution is -2.38. The van der Waals surface area contributed by atoms with E-state index in [4.69, 9.17) is 9.47 Å². The van der Waals surface area contributed by atoms with Crippen LogP contribution >= 0.6 is 0 Å². The summed E-state index contributed by atoms with van der Waals surface area (Å²) in [4.78, 5) is 4.46. The van der Waals surface area contributed by atoms with Crippen molar-refractivity contribution in [1.82, 2.24) is 10.3 Å². The van der Waals surface area contributed by atoms with Gasteiger partial charge in [0.05, 0.1) is 13.2 Å². The van der Waals surface area contributed by atoms with Crippen molar-refractivity contribution in [2.75, 3.05) is 19.8 Å². The van der Waals surface area contributed by atoms with Crippen LogP contribution in [0.4, 0.5) is 0 Å². The van der Waals surface area contributed by atoms with Gasteiger partial charge in [0.15, 0.2) is 0 Å². The molecular formula is C13H20N2O2. The smallest absolute Gasteiger partial charge is 0.213 e. The Kier molecular flexibility index (Phi) is 4.34. The van der Waals surface area contributed by atoms with E-state index in [2.05, 4.69) is 23.3 Å². The first-order chi connectivity index (χ1) is 8.29. The molecule has 17 heavy (non-hydrogen) atoms. The van der Waals surface area contributed by atoms with Gasteiger partial charge in [0.25, 0.3) is 0 Å². The van der Waals surface area contributed by atoms with Crippen LogP contribution in [0.25, 0.3) is 0 Å². The van der Waals surface area contributed by atoms with Gasteiger partial charge in [0.1, 0.15) is 6.10 Å². The summed E-state index contributed by atoms with van der Waals surface area (Å²) in [5, 5.41) is 3.37. The topological polar surface area (TPSA) is 43.4 Å². The lowest BCUT2D eigenvalue weighted by Gasteiger charge is -2.26. The summed E-state index contributed by atoms with van der Waals surface area (Å²) in [6.45, 7) is 7.46. The third-order valence-electron chi connectivity index (χ3n) is 2.81. The second kappa shape index (κ2) is 5.98. The van der Waals surface area contributed by atoms with Crippen LogP contribution in [0.2, 0.25) is 0 Å². The Morgan fingerprint density at radius 2 is 2.29 bits per heavy atom. The third kappa shape index (κ3) is 3.41. The molecule has 1 aliphatic heterocycles. The van der Waals surface area contributed by atoms with E-state index in [1.165, 1.54) is 5.56 Å². The molecule has 0 saturated carbocycles. The van der Waals surface area contributed by atoms with Gasteiger partial charge in [0, 0.05) is 18.3 Å². The van der Waals surface area contributed by atoms with Gasteiger partial charge in [0.2, 0.25) is 5.88 Å². The quantitative estimate of drug-likeness (QED) is 0.763. The normalized spacial score (nSPS) is 15.6. The van der Waals surface area contributed by atoms with E-state index in [0.29, 0.717) is 19.1 Å². The zero-order valence-corrected chi connectivity index (χ0v) is 10.5. The summed E-state index contributed by atoms with van der Waals surface area (Å²) in [7, 11) is 0. The van der Waals surface area contributed by atoms with Crippen LogP contribution < -0.4 is 10.1 Å². The predicted molar refractivity (Wildman–Crippen MR) is 66.2 cm³/mol. The van der Waals surface area contributed by atoms with E-state index in [9.17, 15) is 0 Å². The molecule has 0 unspecified atom stereocenters. The number of aryl methyl sites for hydroxylation is 1. The summed E-state index contributed by atoms with van der Waals surface area (Å²) in [6, 6.07) is 4.02. The number of nitrogens with one attached hydrogen (secondary N) is 1. The average Bonchev–Trinajstić information content (AvgIpc) is 2.27. The number of hydrogen-bond donors (Lipinski definition) is 1. The van der Waals surface area contributed by atoms with Crippen LogP contribution in [0.3, 0.4) is 0 Å². The van der Waals surface area contributed by atoms with Gasteiger partial charge >= 0.3 is 0 Å². The van der Waals surface area contributed by atoms with Gasteiger partial charge in [-0.1, -0.05) is 13.0 Å². The first-order valence-electron chi connectivity index (χ1n) is 6.21. The highest BCUT2D eigenvalue weighted by atomic mass is 16.6. The number of rotatable bonds is 6. The van der Waals surface area contributed by atoms with Gasteiger partial charge in [-0.05, 0) is 25.5 Å². The molecule has 0 aromatic carbocycles. The van der Waals surface area contributed by atoms with Crippen molar-refractivity contribution in [2.24, 2.45) is 0 Å². The number of ether oxygens (including phenoxy) is 2. The van der Waals surface area contributed by atoms with E-state index in [0.717, 1.165) is 25.2 Å². The summed E-state index contributed by atoms with van der Waals surface area (Å²) in [6.07, 6.45) is 1.33. The summed E-state index contributed by atoms with van der Waals surface area (Å²) in [5.74, 6) is 0.704. The number of hydrogen-bond acceptors (Lipinski definition) is 4. The van der Waals surface area contributed by atoms with Crippen LogP contribution in [0.5, 0.6) is 5.88 Å². The fourth-order valence-electron chi connectivity index (χ4n) is 1.67. The highest BCUT2D eigenvalue weighted by Gasteiger charge is 2.20. The van der Waals surface area contributed by atoms with Crippen LogP contribution in [-0.2, 0) is 11.3 Å². The van der Waals surface area contributed by atoms with Crippen LogP contribution in [0.1, 0.15) is 24.6 Å². The summed E-state index contributed by atoms with van der Waals surface area (Å²) in [5.41, 5.74) is 2.27. The molecule has 1 aromatic rings. The highest BCUT2D eigenvalue weighted by Crippen LogP contribution is 2.16. The Bertz CT molecular complexity index is 364. The maximum Gasteiger partial charge on any atom is 0.213 e.